The molecule has 554 valence electrons. The molecule has 0 aromatic carbocycles. The number of phosphoric acid groups is 2. The molecule has 0 heterocycles. The monoisotopic (exact) mass is 1380 g/mol. The summed E-state index contributed by atoms with van der Waals surface area (Å²) in [6.45, 7) is 4.91. The first kappa shape index (κ1) is 91.5. The maximum Gasteiger partial charge on any atom is 0.472 e. The number of aliphatic hydroxyl groups is 1. The summed E-state index contributed by atoms with van der Waals surface area (Å²) in [5.74, 6) is -2.15. The first-order valence-corrected chi connectivity index (χ1v) is 41.6. The summed E-state index contributed by atoms with van der Waals surface area (Å²) in [7, 11) is -9.92. The highest BCUT2D eigenvalue weighted by atomic mass is 31.2. The minimum atomic E-state index is -4.96. The Balaban J connectivity index is 5.28. The molecule has 0 spiro atoms. The molecule has 5 atom stereocenters. The summed E-state index contributed by atoms with van der Waals surface area (Å²) in [6, 6.07) is 0. The van der Waals surface area contributed by atoms with Crippen molar-refractivity contribution in [1.29, 1.82) is 0 Å². The van der Waals surface area contributed by atoms with Crippen LogP contribution in [0, 0.1) is 0 Å². The summed E-state index contributed by atoms with van der Waals surface area (Å²) in [5.41, 5.74) is 0. The van der Waals surface area contributed by atoms with E-state index in [2.05, 4.69) is 52.0 Å². The van der Waals surface area contributed by atoms with E-state index in [-0.39, 0.29) is 25.7 Å². The number of carbonyl (C=O) groups is 4. The SMILES string of the molecule is CCCCCC/C=C\CCCCCCCC(=O)OCC(COP(=O)(O)OCC(O)COP(=O)(O)OCC(COC(=O)CCCCCCC/C=C\CCCCCCCC)OC(=O)CCCCCCCCCCCCCCCCC)OC(=O)CCCCCCCCCCCCC. The van der Waals surface area contributed by atoms with Gasteiger partial charge in [0.1, 0.15) is 19.3 Å². The molecule has 19 heteroatoms. The molecule has 0 saturated carbocycles. The van der Waals surface area contributed by atoms with Crippen molar-refractivity contribution in [2.75, 3.05) is 39.6 Å². The van der Waals surface area contributed by atoms with Crippen LogP contribution in [-0.2, 0) is 65.4 Å². The Morgan fingerprint density at radius 1 is 0.287 bits per heavy atom. The van der Waals surface area contributed by atoms with E-state index in [1.165, 1.54) is 167 Å². The van der Waals surface area contributed by atoms with Crippen LogP contribution in [0.1, 0.15) is 374 Å². The van der Waals surface area contributed by atoms with E-state index in [4.69, 9.17) is 37.0 Å². The van der Waals surface area contributed by atoms with E-state index in [0.717, 1.165) is 128 Å². The minimum absolute atomic E-state index is 0.102. The smallest absolute Gasteiger partial charge is 0.462 e. The molecule has 0 saturated heterocycles. The Hall–Kier alpha value is -2.46. The van der Waals surface area contributed by atoms with Gasteiger partial charge in [0, 0.05) is 25.7 Å². The van der Waals surface area contributed by atoms with Crippen LogP contribution >= 0.6 is 15.6 Å². The van der Waals surface area contributed by atoms with Gasteiger partial charge in [0.05, 0.1) is 26.4 Å². The van der Waals surface area contributed by atoms with Crippen molar-refractivity contribution in [3.8, 4) is 0 Å². The molecule has 0 aliphatic carbocycles. The number of allylic oxidation sites excluding steroid dienone is 4. The first-order chi connectivity index (χ1) is 45.7. The fraction of sp³-hybridized carbons (Fsp3) is 0.893. The summed E-state index contributed by atoms with van der Waals surface area (Å²) < 4.78 is 68.4. The van der Waals surface area contributed by atoms with Gasteiger partial charge < -0.3 is 33.8 Å². The highest BCUT2D eigenvalue weighted by Crippen LogP contribution is 2.45. The molecule has 0 aliphatic heterocycles. The molecule has 0 bridgehead atoms. The number of hydrogen-bond donors (Lipinski definition) is 3. The number of carbonyl (C=O) groups excluding carboxylic acids is 4. The van der Waals surface area contributed by atoms with E-state index in [1.54, 1.807) is 0 Å². The van der Waals surface area contributed by atoms with Crippen LogP contribution in [0.25, 0.3) is 0 Å². The van der Waals surface area contributed by atoms with Gasteiger partial charge >= 0.3 is 39.5 Å². The van der Waals surface area contributed by atoms with Crippen LogP contribution in [0.4, 0.5) is 0 Å². The lowest BCUT2D eigenvalue weighted by molar-refractivity contribution is -0.161. The Labute approximate surface area is 573 Å². The Morgan fingerprint density at radius 2 is 0.489 bits per heavy atom. The van der Waals surface area contributed by atoms with Crippen molar-refractivity contribution in [3.63, 3.8) is 0 Å². The number of phosphoric ester groups is 2. The van der Waals surface area contributed by atoms with Gasteiger partial charge in [-0.2, -0.15) is 0 Å². The molecule has 0 aliphatic rings. The molecule has 0 aromatic rings. The molecule has 0 rings (SSSR count). The molecule has 5 unspecified atom stereocenters. The van der Waals surface area contributed by atoms with Gasteiger partial charge in [0.15, 0.2) is 12.2 Å². The third-order valence-electron chi connectivity index (χ3n) is 16.9. The summed E-state index contributed by atoms with van der Waals surface area (Å²) >= 11 is 0. The third-order valence-corrected chi connectivity index (χ3v) is 18.8. The Kier molecular flexibility index (Phi) is 67.2. The van der Waals surface area contributed by atoms with Crippen LogP contribution < -0.4 is 0 Å². The number of unbranched alkanes of at least 4 members (excludes halogenated alkanes) is 44. The van der Waals surface area contributed by atoms with Gasteiger partial charge in [-0.05, 0) is 77.0 Å². The van der Waals surface area contributed by atoms with E-state index >= 15 is 0 Å². The number of esters is 4. The largest absolute Gasteiger partial charge is 0.472 e. The van der Waals surface area contributed by atoms with Gasteiger partial charge in [-0.3, -0.25) is 37.3 Å². The van der Waals surface area contributed by atoms with Crippen molar-refractivity contribution in [3.05, 3.63) is 24.3 Å². The van der Waals surface area contributed by atoms with E-state index in [1.807, 2.05) is 0 Å². The fourth-order valence-corrected chi connectivity index (χ4v) is 12.6. The minimum Gasteiger partial charge on any atom is -0.462 e. The molecule has 17 nitrogen and oxygen atoms in total. The van der Waals surface area contributed by atoms with Crippen LogP contribution in [0.15, 0.2) is 24.3 Å². The van der Waals surface area contributed by atoms with Crippen LogP contribution in [0.3, 0.4) is 0 Å². The van der Waals surface area contributed by atoms with Crippen molar-refractivity contribution < 1.29 is 80.2 Å². The molecule has 0 aromatic heterocycles. The van der Waals surface area contributed by atoms with Gasteiger partial charge in [-0.1, -0.05) is 296 Å². The van der Waals surface area contributed by atoms with Crippen LogP contribution in [0.5, 0.6) is 0 Å². The Bertz CT molecular complexity index is 1880. The van der Waals surface area contributed by atoms with Crippen LogP contribution in [-0.4, -0.2) is 96.7 Å². The summed E-state index contributed by atoms with van der Waals surface area (Å²) in [6.07, 6.45) is 61.6. The topological polar surface area (TPSA) is 237 Å². The molecular formula is C75H142O17P2. The summed E-state index contributed by atoms with van der Waals surface area (Å²) in [4.78, 5) is 72.7. The standard InChI is InChI=1S/C75H142O17P2/c1-5-9-13-17-21-25-29-32-34-37-41-44-48-52-56-60-73(78)86-66-71(92-75(80)62-58-54-50-46-42-38-35-33-30-26-22-18-14-10-6-2)68-90-94(83,84)88-64-69(76)63-87-93(81,82)89-67-70(91-74(79)61-57-53-49-45-39-28-24-20-16-12-8-4)65-85-72(77)59-55-51-47-43-40-36-31-27-23-19-15-11-7-3/h27,31-32,34,69-71,76H,5-26,28-30,33,35-68H2,1-4H3,(H,81,82)(H,83,84)/b31-27-,34-32-. The molecule has 0 radical (unpaired) electrons. The maximum absolute atomic E-state index is 13.1. The quantitative estimate of drug-likeness (QED) is 0.0169. The number of rotatable bonds is 74. The lowest BCUT2D eigenvalue weighted by atomic mass is 10.0. The van der Waals surface area contributed by atoms with E-state index in [0.29, 0.717) is 25.7 Å². The molecule has 0 amide bonds. The van der Waals surface area contributed by atoms with E-state index in [9.17, 15) is 43.2 Å². The van der Waals surface area contributed by atoms with Gasteiger partial charge in [-0.25, -0.2) is 9.13 Å². The zero-order valence-electron chi connectivity index (χ0n) is 60.4. The molecular weight excluding hydrogens is 1230 g/mol. The average Bonchev–Trinajstić information content (AvgIpc) is 1.22. The van der Waals surface area contributed by atoms with Crippen molar-refractivity contribution >= 4 is 39.5 Å². The number of aliphatic hydroxyl groups excluding tert-OH is 1. The molecule has 94 heavy (non-hydrogen) atoms. The lowest BCUT2D eigenvalue weighted by Crippen LogP contribution is -2.30. The van der Waals surface area contributed by atoms with Gasteiger partial charge in [0.25, 0.3) is 0 Å². The fourth-order valence-electron chi connectivity index (χ4n) is 11.0. The van der Waals surface area contributed by atoms with E-state index < -0.39 is 97.5 Å². The van der Waals surface area contributed by atoms with Crippen molar-refractivity contribution in [2.45, 2.75) is 393 Å². The normalized spacial score (nSPS) is 14.1. The summed E-state index contributed by atoms with van der Waals surface area (Å²) in [5, 5.41) is 10.6. The maximum atomic E-state index is 13.1. The average molecular weight is 1380 g/mol. The highest BCUT2D eigenvalue weighted by Gasteiger charge is 2.30. The zero-order chi connectivity index (χ0) is 69.0. The van der Waals surface area contributed by atoms with Crippen molar-refractivity contribution in [1.82, 2.24) is 0 Å². The Morgan fingerprint density at radius 3 is 0.745 bits per heavy atom. The lowest BCUT2D eigenvalue weighted by Gasteiger charge is -2.21. The second-order valence-corrected chi connectivity index (χ2v) is 29.2. The molecule has 0 fully saturated rings. The molecule has 3 N–H and O–H groups in total. The predicted molar refractivity (Wildman–Crippen MR) is 381 cm³/mol. The van der Waals surface area contributed by atoms with Crippen LogP contribution in [0.2, 0.25) is 0 Å². The second kappa shape index (κ2) is 69.0. The second-order valence-electron chi connectivity index (χ2n) is 26.3. The predicted octanol–water partition coefficient (Wildman–Crippen LogP) is 21.8. The van der Waals surface area contributed by atoms with Crippen molar-refractivity contribution in [2.24, 2.45) is 0 Å². The first-order valence-electron chi connectivity index (χ1n) is 38.6. The number of hydrogen-bond acceptors (Lipinski definition) is 15. The zero-order valence-corrected chi connectivity index (χ0v) is 62.2. The van der Waals surface area contributed by atoms with Gasteiger partial charge in [0.2, 0.25) is 0 Å². The number of ether oxygens (including phenoxy) is 4. The third kappa shape index (κ3) is 68.1. The van der Waals surface area contributed by atoms with Gasteiger partial charge in [-0.15, -0.1) is 0 Å². The highest BCUT2D eigenvalue weighted by molar-refractivity contribution is 7.47.